The Labute approximate surface area is 68.1 Å². The Morgan fingerprint density at radius 2 is 2.00 bits per heavy atom. The Kier molecular flexibility index (Phi) is 2.07. The number of nitrogens with two attached hydrogens (primary N) is 1. The van der Waals surface area contributed by atoms with Crippen LogP contribution >= 0.6 is 0 Å². The highest BCUT2D eigenvalue weighted by molar-refractivity contribution is 5.78. The van der Waals surface area contributed by atoms with E-state index < -0.39 is 0 Å². The molecule has 1 aliphatic rings. The van der Waals surface area contributed by atoms with E-state index in [4.69, 9.17) is 5.73 Å². The van der Waals surface area contributed by atoms with Crippen LogP contribution in [0.5, 0.6) is 0 Å². The third-order valence-electron chi connectivity index (χ3n) is 1.37. The molecule has 0 spiro atoms. The molecule has 64 valence electrons. The van der Waals surface area contributed by atoms with Crippen LogP contribution in [0.15, 0.2) is 4.99 Å². The predicted octanol–water partition coefficient (Wildman–Crippen LogP) is 0.852. The van der Waals surface area contributed by atoms with E-state index in [0.29, 0.717) is 12.0 Å². The Morgan fingerprint density at radius 3 is 2.36 bits per heavy atom. The van der Waals surface area contributed by atoms with Gasteiger partial charge < -0.3 is 11.1 Å². The summed E-state index contributed by atoms with van der Waals surface area (Å²) in [4.78, 5) is 4.26. The lowest BCUT2D eigenvalue weighted by molar-refractivity contribution is 0.508. The lowest BCUT2D eigenvalue weighted by Gasteiger charge is -2.20. The minimum absolute atomic E-state index is 0.0302. The minimum Gasteiger partial charge on any atom is -0.370 e. The molecule has 0 radical (unpaired) electrons. The first kappa shape index (κ1) is 8.37. The summed E-state index contributed by atoms with van der Waals surface area (Å²) >= 11 is 0. The molecule has 3 N–H and O–H groups in total. The van der Waals surface area contributed by atoms with E-state index >= 15 is 0 Å². The van der Waals surface area contributed by atoms with Crippen molar-refractivity contribution in [3.63, 3.8) is 0 Å². The van der Waals surface area contributed by atoms with Gasteiger partial charge in [-0.15, -0.1) is 0 Å². The van der Waals surface area contributed by atoms with Gasteiger partial charge in [0.15, 0.2) is 5.96 Å². The Balaban J connectivity index is 2.35. The van der Waals surface area contributed by atoms with Crippen LogP contribution in [-0.2, 0) is 0 Å². The van der Waals surface area contributed by atoms with Crippen molar-refractivity contribution in [2.24, 2.45) is 10.7 Å². The number of hydrogen-bond acceptors (Lipinski definition) is 1. The zero-order chi connectivity index (χ0) is 8.48. The average molecular weight is 155 g/mol. The van der Waals surface area contributed by atoms with E-state index in [9.17, 15) is 0 Å². The van der Waals surface area contributed by atoms with E-state index in [2.05, 4.69) is 31.1 Å². The highest BCUT2D eigenvalue weighted by Gasteiger charge is 2.21. The van der Waals surface area contributed by atoms with E-state index in [1.165, 1.54) is 12.8 Å². The fourth-order valence-electron chi connectivity index (χ4n) is 0.817. The van der Waals surface area contributed by atoms with Crippen LogP contribution in [0.3, 0.4) is 0 Å². The summed E-state index contributed by atoms with van der Waals surface area (Å²) in [5.74, 6) is 0.583. The molecular formula is C8H17N3. The SMILES string of the molecule is CC(C)(C)NC(N)=NC1CC1. The van der Waals surface area contributed by atoms with Gasteiger partial charge in [0.05, 0.1) is 6.04 Å². The van der Waals surface area contributed by atoms with E-state index in [0.717, 1.165) is 0 Å². The Morgan fingerprint density at radius 1 is 1.45 bits per heavy atom. The van der Waals surface area contributed by atoms with Gasteiger partial charge in [-0.3, -0.25) is 4.99 Å². The maximum atomic E-state index is 5.64. The largest absolute Gasteiger partial charge is 0.370 e. The molecule has 1 aliphatic carbocycles. The molecule has 1 fully saturated rings. The van der Waals surface area contributed by atoms with Gasteiger partial charge in [-0.05, 0) is 33.6 Å². The molecule has 0 atom stereocenters. The number of guanidine groups is 1. The second kappa shape index (κ2) is 2.72. The number of nitrogens with one attached hydrogen (secondary N) is 1. The fourth-order valence-corrected chi connectivity index (χ4v) is 0.817. The normalized spacial score (nSPS) is 20.1. The van der Waals surface area contributed by atoms with Crippen LogP contribution < -0.4 is 11.1 Å². The molecule has 3 nitrogen and oxygen atoms in total. The van der Waals surface area contributed by atoms with E-state index in [1.807, 2.05) is 0 Å². The van der Waals surface area contributed by atoms with Crippen LogP contribution in [0.25, 0.3) is 0 Å². The van der Waals surface area contributed by atoms with E-state index in [1.54, 1.807) is 0 Å². The molecule has 1 saturated carbocycles. The van der Waals surface area contributed by atoms with Gasteiger partial charge in [-0.1, -0.05) is 0 Å². The molecule has 0 aromatic heterocycles. The van der Waals surface area contributed by atoms with Gasteiger partial charge in [0, 0.05) is 5.54 Å². The highest BCUT2D eigenvalue weighted by Crippen LogP contribution is 2.23. The molecule has 0 aromatic carbocycles. The highest BCUT2D eigenvalue weighted by atomic mass is 15.1. The molecule has 0 unspecified atom stereocenters. The topological polar surface area (TPSA) is 50.4 Å². The summed E-state index contributed by atoms with van der Waals surface area (Å²) in [6.45, 7) is 6.22. The monoisotopic (exact) mass is 155 g/mol. The molecule has 1 rings (SSSR count). The molecule has 0 aliphatic heterocycles. The van der Waals surface area contributed by atoms with Gasteiger partial charge in [0.25, 0.3) is 0 Å². The predicted molar refractivity (Wildman–Crippen MR) is 47.5 cm³/mol. The zero-order valence-corrected chi connectivity index (χ0v) is 7.52. The van der Waals surface area contributed by atoms with E-state index in [-0.39, 0.29) is 5.54 Å². The molecule has 0 saturated heterocycles. The van der Waals surface area contributed by atoms with Crippen LogP contribution in [-0.4, -0.2) is 17.5 Å². The molecule has 11 heavy (non-hydrogen) atoms. The summed E-state index contributed by atoms with van der Waals surface area (Å²) in [7, 11) is 0. The summed E-state index contributed by atoms with van der Waals surface area (Å²) < 4.78 is 0. The van der Waals surface area contributed by atoms with Gasteiger partial charge in [0.2, 0.25) is 0 Å². The van der Waals surface area contributed by atoms with Crippen molar-refractivity contribution >= 4 is 5.96 Å². The molecule has 0 aromatic rings. The van der Waals surface area contributed by atoms with Crippen molar-refractivity contribution in [1.29, 1.82) is 0 Å². The molecule has 0 bridgehead atoms. The zero-order valence-electron chi connectivity index (χ0n) is 7.52. The van der Waals surface area contributed by atoms with Crippen LogP contribution in [0.2, 0.25) is 0 Å². The third-order valence-corrected chi connectivity index (χ3v) is 1.37. The lowest BCUT2D eigenvalue weighted by Crippen LogP contribution is -2.45. The van der Waals surface area contributed by atoms with Gasteiger partial charge in [0.1, 0.15) is 0 Å². The first-order chi connectivity index (χ1) is 4.97. The maximum Gasteiger partial charge on any atom is 0.189 e. The maximum absolute atomic E-state index is 5.64. The first-order valence-corrected chi connectivity index (χ1v) is 4.09. The van der Waals surface area contributed by atoms with Crippen molar-refractivity contribution in [1.82, 2.24) is 5.32 Å². The van der Waals surface area contributed by atoms with Crippen molar-refractivity contribution in [2.75, 3.05) is 0 Å². The Hall–Kier alpha value is -0.730. The first-order valence-electron chi connectivity index (χ1n) is 4.09. The molecular weight excluding hydrogens is 138 g/mol. The molecule has 0 amide bonds. The average Bonchev–Trinajstić information content (AvgIpc) is 2.42. The summed E-state index contributed by atoms with van der Waals surface area (Å²) in [5, 5.41) is 3.12. The number of aliphatic imine (C=N–C) groups is 1. The van der Waals surface area contributed by atoms with Crippen LogP contribution in [0.4, 0.5) is 0 Å². The number of hydrogen-bond donors (Lipinski definition) is 2. The number of rotatable bonds is 1. The second-order valence-corrected chi connectivity index (χ2v) is 4.12. The third kappa shape index (κ3) is 3.86. The molecule has 3 heteroatoms. The van der Waals surface area contributed by atoms with Crippen molar-refractivity contribution < 1.29 is 0 Å². The van der Waals surface area contributed by atoms with Crippen molar-refractivity contribution in [2.45, 2.75) is 45.2 Å². The minimum atomic E-state index is 0.0302. The second-order valence-electron chi connectivity index (χ2n) is 4.12. The van der Waals surface area contributed by atoms with Crippen LogP contribution in [0.1, 0.15) is 33.6 Å². The standard InChI is InChI=1S/C8H17N3/c1-8(2,3)11-7(9)10-6-4-5-6/h6H,4-5H2,1-3H3,(H3,9,10,11). The van der Waals surface area contributed by atoms with Gasteiger partial charge in [-0.25, -0.2) is 0 Å². The quantitative estimate of drug-likeness (QED) is 0.435. The van der Waals surface area contributed by atoms with Crippen LogP contribution in [0, 0.1) is 0 Å². The summed E-state index contributed by atoms with van der Waals surface area (Å²) in [6.07, 6.45) is 2.40. The summed E-state index contributed by atoms with van der Waals surface area (Å²) in [5.41, 5.74) is 5.67. The Bertz CT molecular complexity index is 163. The fraction of sp³-hybridized carbons (Fsp3) is 0.875. The number of nitrogens with zero attached hydrogens (tertiary/aromatic N) is 1. The van der Waals surface area contributed by atoms with Gasteiger partial charge >= 0.3 is 0 Å². The van der Waals surface area contributed by atoms with Gasteiger partial charge in [-0.2, -0.15) is 0 Å². The summed E-state index contributed by atoms with van der Waals surface area (Å²) in [6, 6.07) is 0.504. The molecule has 0 heterocycles. The smallest absolute Gasteiger partial charge is 0.189 e. The van der Waals surface area contributed by atoms with Crippen molar-refractivity contribution in [3.8, 4) is 0 Å². The lowest BCUT2D eigenvalue weighted by atomic mass is 10.1. The van der Waals surface area contributed by atoms with Crippen molar-refractivity contribution in [3.05, 3.63) is 0 Å².